The minimum absolute atomic E-state index is 0.257. The van der Waals surface area contributed by atoms with Crippen molar-refractivity contribution in [3.05, 3.63) is 106 Å². The van der Waals surface area contributed by atoms with Crippen LogP contribution in [0.15, 0.2) is 66.7 Å². The summed E-state index contributed by atoms with van der Waals surface area (Å²) < 4.78 is 0. The summed E-state index contributed by atoms with van der Waals surface area (Å²) in [6.07, 6.45) is 0.945. The van der Waals surface area contributed by atoms with Gasteiger partial charge < -0.3 is 0 Å². The molecule has 0 saturated carbocycles. The van der Waals surface area contributed by atoms with Crippen LogP contribution in [0.25, 0.3) is 0 Å². The highest BCUT2D eigenvalue weighted by atomic mass is 16.1. The first kappa shape index (κ1) is 11.9. The first-order valence-electron chi connectivity index (χ1n) is 7.65. The van der Waals surface area contributed by atoms with Gasteiger partial charge in [-0.1, -0.05) is 60.7 Å². The predicted molar refractivity (Wildman–Crippen MR) is 86.6 cm³/mol. The molecule has 104 valence electrons. The lowest BCUT2D eigenvalue weighted by Gasteiger charge is -2.42. The van der Waals surface area contributed by atoms with Gasteiger partial charge in [-0.05, 0) is 39.4 Å². The Morgan fingerprint density at radius 2 is 1.05 bits per heavy atom. The molecule has 0 heterocycles. The van der Waals surface area contributed by atoms with E-state index in [1.807, 2.05) is 6.07 Å². The second-order valence-corrected chi connectivity index (χ2v) is 6.13. The van der Waals surface area contributed by atoms with Crippen molar-refractivity contribution in [1.29, 1.82) is 0 Å². The molecule has 3 aliphatic carbocycles. The molecule has 0 spiro atoms. The second-order valence-electron chi connectivity index (χ2n) is 6.13. The molecule has 0 aliphatic heterocycles. The van der Waals surface area contributed by atoms with E-state index in [1.165, 1.54) is 33.4 Å². The van der Waals surface area contributed by atoms with Crippen LogP contribution in [0.3, 0.4) is 0 Å². The quantitative estimate of drug-likeness (QED) is 0.414. The number of hydrogen-bond donors (Lipinski definition) is 0. The van der Waals surface area contributed by atoms with Gasteiger partial charge in [0.25, 0.3) is 0 Å². The highest BCUT2D eigenvalue weighted by molar-refractivity contribution is 5.78. The molecule has 0 saturated heterocycles. The molecule has 0 N–H and O–H groups in total. The molecule has 0 amide bonds. The molecule has 1 nitrogen and oxygen atoms in total. The molecule has 3 aromatic carbocycles. The Morgan fingerprint density at radius 1 is 0.591 bits per heavy atom. The van der Waals surface area contributed by atoms with Crippen molar-refractivity contribution in [3.8, 4) is 0 Å². The number of benzene rings is 3. The fourth-order valence-corrected chi connectivity index (χ4v) is 4.26. The molecule has 0 unspecified atom stereocenters. The minimum Gasteiger partial charge on any atom is -0.298 e. The summed E-state index contributed by atoms with van der Waals surface area (Å²) in [5, 5.41) is 0. The van der Waals surface area contributed by atoms with Crippen molar-refractivity contribution >= 4 is 6.29 Å². The van der Waals surface area contributed by atoms with E-state index in [1.54, 1.807) is 0 Å². The van der Waals surface area contributed by atoms with Crippen LogP contribution in [0.2, 0.25) is 0 Å². The van der Waals surface area contributed by atoms with Crippen LogP contribution in [0.5, 0.6) is 0 Å². The van der Waals surface area contributed by atoms with Crippen LogP contribution in [0.1, 0.15) is 55.6 Å². The van der Waals surface area contributed by atoms with Crippen molar-refractivity contribution < 1.29 is 4.79 Å². The summed E-state index contributed by atoms with van der Waals surface area (Å²) in [5.74, 6) is 0.556. The lowest BCUT2D eigenvalue weighted by molar-refractivity contribution is 0.112. The van der Waals surface area contributed by atoms with Gasteiger partial charge in [-0.2, -0.15) is 0 Å². The van der Waals surface area contributed by atoms with Crippen molar-refractivity contribution in [2.75, 3.05) is 0 Å². The normalized spacial score (nSPS) is 20.0. The van der Waals surface area contributed by atoms with Gasteiger partial charge in [-0.25, -0.2) is 0 Å². The SMILES string of the molecule is O=Cc1ccc2c(c1)C1c3ccccc3C2c2ccccc21. The summed E-state index contributed by atoms with van der Waals surface area (Å²) in [4.78, 5) is 11.2. The number of hydrogen-bond acceptors (Lipinski definition) is 1. The Kier molecular flexibility index (Phi) is 2.26. The van der Waals surface area contributed by atoms with Crippen LogP contribution in [0, 0.1) is 0 Å². The standard InChI is InChI=1S/C21H14O/c22-12-13-9-10-18-19(11-13)21-16-7-3-1-5-14(16)20(18)15-6-2-4-8-17(15)21/h1-12,20-21H. The lowest BCUT2D eigenvalue weighted by atomic mass is 9.61. The molecular formula is C21H14O. The predicted octanol–water partition coefficient (Wildman–Crippen LogP) is 4.49. The van der Waals surface area contributed by atoms with Crippen molar-refractivity contribution in [1.82, 2.24) is 0 Å². The van der Waals surface area contributed by atoms with Gasteiger partial charge in [0.15, 0.2) is 0 Å². The zero-order valence-electron chi connectivity index (χ0n) is 12.0. The highest BCUT2D eigenvalue weighted by Crippen LogP contribution is 2.55. The highest BCUT2D eigenvalue weighted by Gasteiger charge is 2.40. The Balaban J connectivity index is 1.89. The van der Waals surface area contributed by atoms with E-state index in [0.717, 1.165) is 11.8 Å². The van der Waals surface area contributed by atoms with Crippen LogP contribution >= 0.6 is 0 Å². The van der Waals surface area contributed by atoms with Gasteiger partial charge >= 0.3 is 0 Å². The third-order valence-electron chi connectivity index (χ3n) is 5.10. The van der Waals surface area contributed by atoms with Crippen LogP contribution < -0.4 is 0 Å². The zero-order chi connectivity index (χ0) is 14.7. The van der Waals surface area contributed by atoms with Gasteiger partial charge in [0.2, 0.25) is 0 Å². The van der Waals surface area contributed by atoms with E-state index in [2.05, 4.69) is 60.7 Å². The molecule has 3 aliphatic rings. The monoisotopic (exact) mass is 282 g/mol. The molecule has 0 radical (unpaired) electrons. The molecular weight excluding hydrogens is 268 g/mol. The Labute approximate surface area is 129 Å². The van der Waals surface area contributed by atoms with Gasteiger partial charge in [-0.15, -0.1) is 0 Å². The zero-order valence-corrected chi connectivity index (χ0v) is 12.0. The van der Waals surface area contributed by atoms with Gasteiger partial charge in [0.05, 0.1) is 0 Å². The smallest absolute Gasteiger partial charge is 0.150 e. The topological polar surface area (TPSA) is 17.1 Å². The molecule has 22 heavy (non-hydrogen) atoms. The van der Waals surface area contributed by atoms with E-state index in [0.29, 0.717) is 5.92 Å². The van der Waals surface area contributed by atoms with E-state index in [-0.39, 0.29) is 5.92 Å². The maximum absolute atomic E-state index is 11.2. The first-order valence-corrected chi connectivity index (χ1v) is 7.65. The summed E-state index contributed by atoms with van der Waals surface area (Å²) in [7, 11) is 0. The average Bonchev–Trinajstić information content (AvgIpc) is 2.60. The summed E-state index contributed by atoms with van der Waals surface area (Å²) >= 11 is 0. The third kappa shape index (κ3) is 1.36. The molecule has 2 bridgehead atoms. The van der Waals surface area contributed by atoms with E-state index in [4.69, 9.17) is 0 Å². The summed E-state index contributed by atoms with van der Waals surface area (Å²) in [5.41, 5.74) is 9.03. The number of aldehydes is 1. The van der Waals surface area contributed by atoms with E-state index >= 15 is 0 Å². The average molecular weight is 282 g/mol. The second kappa shape index (κ2) is 4.17. The molecule has 0 aromatic heterocycles. The molecule has 0 atom stereocenters. The van der Waals surface area contributed by atoms with E-state index in [9.17, 15) is 4.79 Å². The number of carbonyl (C=O) groups is 1. The lowest BCUT2D eigenvalue weighted by Crippen LogP contribution is -2.27. The first-order chi connectivity index (χ1) is 10.9. The Hall–Kier alpha value is -2.67. The maximum Gasteiger partial charge on any atom is 0.150 e. The number of rotatable bonds is 1. The third-order valence-corrected chi connectivity index (χ3v) is 5.10. The minimum atomic E-state index is 0.257. The Morgan fingerprint density at radius 3 is 1.55 bits per heavy atom. The maximum atomic E-state index is 11.2. The van der Waals surface area contributed by atoms with Crippen molar-refractivity contribution in [2.45, 2.75) is 11.8 Å². The van der Waals surface area contributed by atoms with Gasteiger partial charge in [0.1, 0.15) is 6.29 Å². The summed E-state index contributed by atoms with van der Waals surface area (Å²) in [6.45, 7) is 0. The number of carbonyl (C=O) groups excluding carboxylic acids is 1. The summed E-state index contributed by atoms with van der Waals surface area (Å²) in [6, 6.07) is 23.6. The molecule has 3 aromatic rings. The van der Waals surface area contributed by atoms with Crippen molar-refractivity contribution in [3.63, 3.8) is 0 Å². The molecule has 1 heteroatoms. The van der Waals surface area contributed by atoms with Crippen molar-refractivity contribution in [2.24, 2.45) is 0 Å². The molecule has 0 fully saturated rings. The Bertz CT molecular complexity index is 875. The van der Waals surface area contributed by atoms with Crippen LogP contribution in [0.4, 0.5) is 0 Å². The molecule has 6 rings (SSSR count). The van der Waals surface area contributed by atoms with Crippen LogP contribution in [-0.4, -0.2) is 6.29 Å². The van der Waals surface area contributed by atoms with Crippen LogP contribution in [-0.2, 0) is 0 Å². The van der Waals surface area contributed by atoms with E-state index < -0.39 is 0 Å². The van der Waals surface area contributed by atoms with Gasteiger partial charge in [-0.3, -0.25) is 4.79 Å². The fraction of sp³-hybridized carbons (Fsp3) is 0.0952. The largest absolute Gasteiger partial charge is 0.298 e. The fourth-order valence-electron chi connectivity index (χ4n) is 4.26. The van der Waals surface area contributed by atoms with Gasteiger partial charge in [0, 0.05) is 17.4 Å².